The van der Waals surface area contributed by atoms with Gasteiger partial charge in [-0.05, 0) is 43.6 Å². The number of carbonyl (C=O) groups excluding carboxylic acids is 1. The van der Waals surface area contributed by atoms with Gasteiger partial charge in [-0.25, -0.2) is 0 Å². The Labute approximate surface area is 203 Å². The first-order chi connectivity index (χ1) is 15.9. The zero-order chi connectivity index (χ0) is 24.2. The van der Waals surface area contributed by atoms with Crippen molar-refractivity contribution >= 4 is 28.4 Å². The molecule has 180 valence electrons. The minimum Gasteiger partial charge on any atom is -0.354 e. The van der Waals surface area contributed by atoms with Crippen LogP contribution in [0.1, 0.15) is 58.1 Å². The Kier molecular flexibility index (Phi) is 11.3. The number of nitrogens with one attached hydrogen (secondary N) is 1. The van der Waals surface area contributed by atoms with Crippen molar-refractivity contribution in [1.82, 2.24) is 10.1 Å². The van der Waals surface area contributed by atoms with Crippen LogP contribution in [0.25, 0.3) is 4.91 Å². The van der Waals surface area contributed by atoms with Gasteiger partial charge in [0.2, 0.25) is 0 Å². The molecule has 0 aromatic carbocycles. The number of likely N-dealkylation sites (N-methyl/N-ethyl adjacent to an activating group) is 1. The molecule has 33 heavy (non-hydrogen) atoms. The van der Waals surface area contributed by atoms with E-state index in [1.54, 1.807) is 17.8 Å². The lowest BCUT2D eigenvalue weighted by Gasteiger charge is -2.32. The van der Waals surface area contributed by atoms with Gasteiger partial charge in [-0.2, -0.15) is 0 Å². The van der Waals surface area contributed by atoms with Gasteiger partial charge >= 0.3 is 0 Å². The van der Waals surface area contributed by atoms with Crippen LogP contribution in [0.15, 0.2) is 65.9 Å². The molecule has 0 aliphatic heterocycles. The van der Waals surface area contributed by atoms with Gasteiger partial charge in [0.05, 0.1) is 4.91 Å². The normalized spacial score (nSPS) is 17.6. The Hall–Kier alpha value is -2.47. The van der Waals surface area contributed by atoms with Gasteiger partial charge in [-0.1, -0.05) is 69.1 Å². The summed E-state index contributed by atoms with van der Waals surface area (Å²) in [6.07, 6.45) is 20.4. The van der Waals surface area contributed by atoms with Crippen molar-refractivity contribution in [3.05, 3.63) is 67.1 Å². The minimum absolute atomic E-state index is 0.00722. The summed E-state index contributed by atoms with van der Waals surface area (Å²) < 4.78 is 5.53. The van der Waals surface area contributed by atoms with E-state index < -0.39 is 0 Å². The topological polar surface area (TPSA) is 58.4 Å². The third kappa shape index (κ3) is 7.81. The first-order valence-electron chi connectivity index (χ1n) is 11.8. The van der Waals surface area contributed by atoms with Gasteiger partial charge < -0.3 is 14.7 Å². The number of anilines is 1. The molecular formula is C27H39N3O2S. The average Bonchev–Trinajstić information content (AvgIpc) is 3.31. The molecule has 5 nitrogen and oxygen atoms in total. The van der Waals surface area contributed by atoms with E-state index in [9.17, 15) is 4.79 Å². The summed E-state index contributed by atoms with van der Waals surface area (Å²) in [7, 11) is 1.91. The van der Waals surface area contributed by atoms with E-state index in [-0.39, 0.29) is 23.8 Å². The van der Waals surface area contributed by atoms with Crippen molar-refractivity contribution in [2.75, 3.05) is 18.6 Å². The van der Waals surface area contributed by atoms with Crippen molar-refractivity contribution < 1.29 is 9.32 Å². The Morgan fingerprint density at radius 2 is 2.09 bits per heavy atom. The molecule has 1 aliphatic carbocycles. The molecule has 2 rings (SSSR count). The predicted molar refractivity (Wildman–Crippen MR) is 142 cm³/mol. The second-order valence-electron chi connectivity index (χ2n) is 8.47. The average molecular weight is 470 g/mol. The van der Waals surface area contributed by atoms with Crippen molar-refractivity contribution in [1.29, 1.82) is 0 Å². The number of allylic oxidation sites excluding steroid dienone is 6. The lowest BCUT2D eigenvalue weighted by atomic mass is 9.91. The number of thioether (sulfide) groups is 1. The lowest BCUT2D eigenvalue weighted by molar-refractivity contribution is -0.128. The summed E-state index contributed by atoms with van der Waals surface area (Å²) in [5.41, 5.74) is 0.503. The maximum atomic E-state index is 13.6. The zero-order valence-corrected chi connectivity index (χ0v) is 21.4. The van der Waals surface area contributed by atoms with E-state index in [4.69, 9.17) is 4.52 Å². The predicted octanol–water partition coefficient (Wildman–Crippen LogP) is 7.06. The molecule has 1 fully saturated rings. The Balaban J connectivity index is 2.35. The Bertz CT molecular complexity index is 878. The van der Waals surface area contributed by atoms with E-state index >= 15 is 0 Å². The highest BCUT2D eigenvalue weighted by atomic mass is 32.2. The Morgan fingerprint density at radius 1 is 1.36 bits per heavy atom. The number of hydrogen-bond donors (Lipinski definition) is 1. The van der Waals surface area contributed by atoms with Crippen molar-refractivity contribution in [3.63, 3.8) is 0 Å². The van der Waals surface area contributed by atoms with Crippen LogP contribution in [-0.4, -0.2) is 35.3 Å². The fourth-order valence-corrected chi connectivity index (χ4v) is 4.57. The third-order valence-electron chi connectivity index (χ3n) is 6.09. The molecule has 0 radical (unpaired) electrons. The smallest absolute Gasteiger partial charge is 0.270 e. The maximum Gasteiger partial charge on any atom is 0.270 e. The second-order valence-corrected chi connectivity index (χ2v) is 9.32. The number of hydrogen-bond acceptors (Lipinski definition) is 5. The van der Waals surface area contributed by atoms with Crippen molar-refractivity contribution in [2.24, 2.45) is 11.8 Å². The van der Waals surface area contributed by atoms with Crippen LogP contribution in [0.5, 0.6) is 0 Å². The number of amides is 1. The molecular weight excluding hydrogens is 430 g/mol. The molecule has 1 N–H and O–H groups in total. The van der Waals surface area contributed by atoms with Crippen LogP contribution in [-0.2, 0) is 4.79 Å². The van der Waals surface area contributed by atoms with Crippen LogP contribution < -0.4 is 5.32 Å². The molecule has 6 heteroatoms. The van der Waals surface area contributed by atoms with E-state index in [0.29, 0.717) is 17.3 Å². The van der Waals surface area contributed by atoms with Crippen LogP contribution in [0.2, 0.25) is 0 Å². The number of carbonyl (C=O) groups is 1. The van der Waals surface area contributed by atoms with Gasteiger partial charge in [-0.3, -0.25) is 4.79 Å². The summed E-state index contributed by atoms with van der Waals surface area (Å²) in [5.74, 6) is 1.34. The van der Waals surface area contributed by atoms with Gasteiger partial charge in [0.25, 0.3) is 5.91 Å². The first kappa shape index (κ1) is 26.8. The molecule has 1 aromatic rings. The number of rotatable bonds is 12. The van der Waals surface area contributed by atoms with Crippen LogP contribution in [0.3, 0.4) is 0 Å². The highest BCUT2D eigenvalue weighted by molar-refractivity contribution is 8.07. The quantitative estimate of drug-likeness (QED) is 0.202. The number of aromatic nitrogens is 1. The number of nitrogens with zero attached hydrogens (tertiary/aromatic N) is 2. The molecule has 0 bridgehead atoms. The monoisotopic (exact) mass is 469 g/mol. The molecule has 1 heterocycles. The molecule has 0 saturated heterocycles. The van der Waals surface area contributed by atoms with E-state index in [1.165, 1.54) is 19.3 Å². The lowest BCUT2D eigenvalue weighted by Crippen LogP contribution is -2.40. The summed E-state index contributed by atoms with van der Waals surface area (Å²) >= 11 is 1.55. The zero-order valence-electron chi connectivity index (χ0n) is 20.5. The fourth-order valence-electron chi connectivity index (χ4n) is 4.04. The standard InChI is InChI=1S/C27H39N3O2S/c1-7-10-15-20(4)21(9-3)18-23(27(31)30(5)22-16-12-11-13-17-22)28-26-19-24(32-29-26)25(33-6)14-8-2/h8-10,14-15,18-22H,2-3,7,11-13,16-17H2,1,4-6H3,(H,28,29)/b15-10-,23-18-,25-14-. The minimum atomic E-state index is -0.0308. The van der Waals surface area contributed by atoms with Gasteiger partial charge in [0.15, 0.2) is 11.6 Å². The summed E-state index contributed by atoms with van der Waals surface area (Å²) in [6.45, 7) is 12.0. The molecule has 1 saturated carbocycles. The third-order valence-corrected chi connectivity index (χ3v) is 6.87. The largest absolute Gasteiger partial charge is 0.354 e. The molecule has 1 amide bonds. The van der Waals surface area contributed by atoms with Crippen molar-refractivity contribution in [2.45, 2.75) is 58.4 Å². The van der Waals surface area contributed by atoms with E-state index in [1.807, 2.05) is 42.5 Å². The summed E-state index contributed by atoms with van der Waals surface area (Å²) in [5, 5.41) is 7.41. The highest BCUT2D eigenvalue weighted by Crippen LogP contribution is 2.29. The van der Waals surface area contributed by atoms with E-state index in [0.717, 1.165) is 24.2 Å². The molecule has 2 atom stereocenters. The van der Waals surface area contributed by atoms with Gasteiger partial charge in [0, 0.05) is 25.1 Å². The van der Waals surface area contributed by atoms with Crippen LogP contribution in [0.4, 0.5) is 5.82 Å². The van der Waals surface area contributed by atoms with E-state index in [2.05, 4.69) is 49.6 Å². The fraction of sp³-hybridized carbons (Fsp3) is 0.481. The van der Waals surface area contributed by atoms with Crippen LogP contribution in [0, 0.1) is 11.8 Å². The first-order valence-corrected chi connectivity index (χ1v) is 13.1. The maximum absolute atomic E-state index is 13.6. The Morgan fingerprint density at radius 3 is 2.70 bits per heavy atom. The summed E-state index contributed by atoms with van der Waals surface area (Å²) in [4.78, 5) is 16.4. The van der Waals surface area contributed by atoms with Crippen molar-refractivity contribution in [3.8, 4) is 0 Å². The molecule has 0 spiro atoms. The molecule has 1 aliphatic rings. The van der Waals surface area contributed by atoms with Gasteiger partial charge in [-0.15, -0.1) is 18.3 Å². The molecule has 2 unspecified atom stereocenters. The highest BCUT2D eigenvalue weighted by Gasteiger charge is 2.26. The SMILES string of the molecule is C=C/C=C(\SC)c1cc(N/C(=C\C(C=C)C(C)/C=C\CC)C(=O)N(C)C2CCCCC2)no1. The summed E-state index contributed by atoms with van der Waals surface area (Å²) in [6, 6.07) is 2.08. The van der Waals surface area contributed by atoms with Crippen LogP contribution >= 0.6 is 11.8 Å². The van der Waals surface area contributed by atoms with Gasteiger partial charge in [0.1, 0.15) is 5.70 Å². The molecule has 1 aromatic heterocycles. The second kappa shape index (κ2) is 13.9.